The van der Waals surface area contributed by atoms with Gasteiger partial charge in [0.15, 0.2) is 0 Å². The molecule has 2 fully saturated rings. The first-order valence-electron chi connectivity index (χ1n) is 17.5. The van der Waals surface area contributed by atoms with Crippen molar-refractivity contribution >= 4 is 38.7 Å². The first kappa shape index (κ1) is 34.6. The minimum Gasteiger partial charge on any atom is -0.490 e. The molecule has 2 aliphatic heterocycles. The van der Waals surface area contributed by atoms with Crippen molar-refractivity contribution in [2.24, 2.45) is 28.0 Å². The highest BCUT2D eigenvalue weighted by molar-refractivity contribution is 7.94. The number of ketones is 1. The SMILES string of the molecule is CO[C@H]1/C=C/C[C@H](C)C[S@@](=O)(CC(=O)C[C@H]2CC2(F)F)=NC(=O)c2ccc3c(c2)N(C[C@@H]2CC[C@H]21)C[C@@]1(CCCc2cc(Cl)ccc21)CO3. The van der Waals surface area contributed by atoms with Gasteiger partial charge in [-0.3, -0.25) is 9.59 Å². The Kier molecular flexibility index (Phi) is 9.45. The normalized spacial score (nSPS) is 34.3. The summed E-state index contributed by atoms with van der Waals surface area (Å²) in [5, 5.41) is 0.722. The van der Waals surface area contributed by atoms with Crippen LogP contribution in [0.1, 0.15) is 73.4 Å². The lowest BCUT2D eigenvalue weighted by atomic mass is 9.68. The Morgan fingerprint density at radius 2 is 2.02 bits per heavy atom. The number of halogens is 3. The van der Waals surface area contributed by atoms with Crippen LogP contribution < -0.4 is 9.64 Å². The molecule has 7 atom stereocenters. The summed E-state index contributed by atoms with van der Waals surface area (Å²) in [5.41, 5.74) is 3.25. The molecule has 49 heavy (non-hydrogen) atoms. The molecule has 3 aliphatic carbocycles. The molecule has 2 bridgehead atoms. The topological polar surface area (TPSA) is 85.3 Å². The number of hydrogen-bond donors (Lipinski definition) is 0. The second-order valence-corrected chi connectivity index (χ2v) is 17.9. The van der Waals surface area contributed by atoms with Crippen LogP contribution in [0.2, 0.25) is 5.02 Å². The summed E-state index contributed by atoms with van der Waals surface area (Å²) in [4.78, 5) is 29.1. The molecule has 7 nitrogen and oxygen atoms in total. The fraction of sp³-hybridized carbons (Fsp3) is 0.579. The van der Waals surface area contributed by atoms with Gasteiger partial charge in [0, 0.05) is 60.7 Å². The van der Waals surface area contributed by atoms with Crippen LogP contribution in [0.3, 0.4) is 0 Å². The number of methoxy groups -OCH3 is 1. The van der Waals surface area contributed by atoms with E-state index in [-0.39, 0.29) is 41.6 Å². The van der Waals surface area contributed by atoms with E-state index in [2.05, 4.69) is 27.5 Å². The van der Waals surface area contributed by atoms with E-state index in [1.807, 2.05) is 19.1 Å². The Balaban J connectivity index is 1.28. The summed E-state index contributed by atoms with van der Waals surface area (Å²) >= 11 is 6.43. The molecular weight excluding hydrogens is 670 g/mol. The van der Waals surface area contributed by atoms with Crippen molar-refractivity contribution in [2.75, 3.05) is 43.2 Å². The van der Waals surface area contributed by atoms with Crippen molar-refractivity contribution in [3.8, 4) is 5.75 Å². The third-order valence-electron chi connectivity index (χ3n) is 11.4. The molecule has 0 unspecified atom stereocenters. The van der Waals surface area contributed by atoms with Crippen molar-refractivity contribution in [3.63, 3.8) is 0 Å². The van der Waals surface area contributed by atoms with Gasteiger partial charge in [0.25, 0.3) is 11.8 Å². The number of fused-ring (bicyclic) bond motifs is 4. The van der Waals surface area contributed by atoms with E-state index in [1.165, 1.54) is 11.1 Å². The number of allylic oxidation sites excluding steroid dienone is 1. The zero-order valence-electron chi connectivity index (χ0n) is 28.2. The third kappa shape index (κ3) is 7.20. The van der Waals surface area contributed by atoms with Crippen molar-refractivity contribution in [1.29, 1.82) is 0 Å². The standard InChI is InChI=1S/C38H45ClF2N2O5S/c1-24-5-3-7-34(47-2)31-11-8-27(31)19-43-22-37(14-4-6-25-15-29(39)10-12-32(25)37)23-48-35-13-9-26(16-33(35)43)36(45)42-49(46,20-24)21-30(44)17-28-18-38(28,40)41/h3,7,9-10,12-13,15-16,24,27-28,31,34H,4-6,8,11,14,17-23H2,1-2H3/b7-3+/t24-,27-,28-,31+,34-,37-,49+/m0/s1. The largest absolute Gasteiger partial charge is 0.490 e. The van der Waals surface area contributed by atoms with Crippen LogP contribution in [0.15, 0.2) is 52.9 Å². The maximum absolute atomic E-state index is 14.3. The van der Waals surface area contributed by atoms with E-state index < -0.39 is 39.0 Å². The molecule has 2 heterocycles. The summed E-state index contributed by atoms with van der Waals surface area (Å²) in [5.74, 6) is -4.44. The number of alkyl halides is 2. The number of hydrogen-bond acceptors (Lipinski definition) is 6. The zero-order valence-corrected chi connectivity index (χ0v) is 29.7. The van der Waals surface area contributed by atoms with E-state index in [9.17, 15) is 22.6 Å². The van der Waals surface area contributed by atoms with Gasteiger partial charge in [-0.25, -0.2) is 13.0 Å². The molecule has 0 saturated heterocycles. The monoisotopic (exact) mass is 714 g/mol. The highest BCUT2D eigenvalue weighted by Crippen LogP contribution is 2.51. The Morgan fingerprint density at radius 1 is 1.20 bits per heavy atom. The number of benzene rings is 2. The molecule has 5 aliphatic rings. The molecule has 0 N–H and O–H groups in total. The first-order valence-corrected chi connectivity index (χ1v) is 19.8. The number of Topliss-reactive ketones (excluding diaryl/α,β-unsaturated/α-hetero) is 1. The molecular formula is C38H45ClF2N2O5S. The van der Waals surface area contributed by atoms with Gasteiger partial charge in [-0.2, -0.15) is 4.36 Å². The number of rotatable bonds is 5. The maximum Gasteiger partial charge on any atom is 0.285 e. The second-order valence-electron chi connectivity index (χ2n) is 15.1. The molecule has 2 aromatic carbocycles. The van der Waals surface area contributed by atoms with Gasteiger partial charge in [0.05, 0.1) is 33.9 Å². The summed E-state index contributed by atoms with van der Waals surface area (Å²) < 4.78 is 58.4. The number of carbonyl (C=O) groups is 2. The molecule has 264 valence electrons. The van der Waals surface area contributed by atoms with Crippen LogP contribution >= 0.6 is 11.6 Å². The maximum atomic E-state index is 14.3. The summed E-state index contributed by atoms with van der Waals surface area (Å²) in [6, 6.07) is 11.4. The number of anilines is 1. The van der Waals surface area contributed by atoms with Gasteiger partial charge < -0.3 is 14.4 Å². The fourth-order valence-corrected chi connectivity index (χ4v) is 11.1. The predicted octanol–water partition coefficient (Wildman–Crippen LogP) is 7.67. The molecule has 1 amide bonds. The molecule has 1 spiro atoms. The number of ether oxygens (including phenoxy) is 2. The lowest BCUT2D eigenvalue weighted by molar-refractivity contribution is -0.117. The van der Waals surface area contributed by atoms with Crippen LogP contribution in [-0.4, -0.2) is 66.2 Å². The van der Waals surface area contributed by atoms with E-state index in [4.69, 9.17) is 21.1 Å². The molecule has 7 rings (SSSR count). The molecule has 11 heteroatoms. The smallest absolute Gasteiger partial charge is 0.285 e. The Labute approximate surface area is 292 Å². The fourth-order valence-electron chi connectivity index (χ4n) is 8.55. The summed E-state index contributed by atoms with van der Waals surface area (Å²) in [6.07, 6.45) is 8.92. The van der Waals surface area contributed by atoms with Gasteiger partial charge in [-0.05, 0) is 97.7 Å². The van der Waals surface area contributed by atoms with Crippen LogP contribution in [0, 0.1) is 23.7 Å². The van der Waals surface area contributed by atoms with Crippen LogP contribution in [0.25, 0.3) is 0 Å². The van der Waals surface area contributed by atoms with E-state index >= 15 is 0 Å². The van der Waals surface area contributed by atoms with E-state index in [0.29, 0.717) is 37.2 Å². The molecule has 0 aromatic heterocycles. The summed E-state index contributed by atoms with van der Waals surface area (Å²) in [6.45, 7) is 3.83. The van der Waals surface area contributed by atoms with Crippen LogP contribution in [0.4, 0.5) is 14.5 Å². The van der Waals surface area contributed by atoms with Crippen molar-refractivity contribution in [2.45, 2.75) is 75.7 Å². The van der Waals surface area contributed by atoms with Gasteiger partial charge in [-0.15, -0.1) is 0 Å². The quantitative estimate of drug-likeness (QED) is 0.296. The lowest BCUT2D eigenvalue weighted by Crippen LogP contribution is -2.49. The minimum atomic E-state index is -3.39. The number of carbonyl (C=O) groups excluding carboxylic acids is 2. The van der Waals surface area contributed by atoms with Crippen molar-refractivity contribution in [1.82, 2.24) is 0 Å². The number of amides is 1. The van der Waals surface area contributed by atoms with Crippen LogP contribution in [0.5, 0.6) is 5.75 Å². The molecule has 2 aromatic rings. The number of aryl methyl sites for hydroxylation is 1. The first-order chi connectivity index (χ1) is 23.4. The highest BCUT2D eigenvalue weighted by Gasteiger charge is 2.57. The number of nitrogens with zero attached hydrogens (tertiary/aromatic N) is 2. The van der Waals surface area contributed by atoms with E-state index in [1.54, 1.807) is 25.3 Å². The Hall–Kier alpha value is -2.82. The van der Waals surface area contributed by atoms with Gasteiger partial charge in [-0.1, -0.05) is 36.7 Å². The lowest BCUT2D eigenvalue weighted by Gasteiger charge is -2.46. The van der Waals surface area contributed by atoms with Gasteiger partial charge >= 0.3 is 0 Å². The molecule has 2 saturated carbocycles. The molecule has 0 radical (unpaired) electrons. The second kappa shape index (κ2) is 13.4. The summed E-state index contributed by atoms with van der Waals surface area (Å²) in [7, 11) is -1.65. The zero-order chi connectivity index (χ0) is 34.6. The van der Waals surface area contributed by atoms with Gasteiger partial charge in [0.2, 0.25) is 0 Å². The average molecular weight is 715 g/mol. The predicted molar refractivity (Wildman–Crippen MR) is 187 cm³/mol. The minimum absolute atomic E-state index is 0.00566. The highest BCUT2D eigenvalue weighted by atomic mass is 35.5. The van der Waals surface area contributed by atoms with Gasteiger partial charge in [0.1, 0.15) is 11.5 Å². The van der Waals surface area contributed by atoms with Crippen LogP contribution in [-0.2, 0) is 31.1 Å². The van der Waals surface area contributed by atoms with Crippen molar-refractivity contribution < 1.29 is 32.1 Å². The third-order valence-corrected chi connectivity index (χ3v) is 14.0. The Morgan fingerprint density at radius 3 is 2.76 bits per heavy atom. The van der Waals surface area contributed by atoms with Crippen molar-refractivity contribution in [3.05, 3.63) is 70.3 Å². The average Bonchev–Trinajstić information content (AvgIpc) is 3.67. The van der Waals surface area contributed by atoms with E-state index in [0.717, 1.165) is 49.4 Å². The Bertz CT molecular complexity index is 1790.